The molecule has 2 nitrogen and oxygen atoms in total. The molecule has 0 N–H and O–H groups in total. The molecule has 0 spiro atoms. The predicted octanol–water partition coefficient (Wildman–Crippen LogP) is 11.1. The summed E-state index contributed by atoms with van der Waals surface area (Å²) in [5.74, 6) is 0.870. The van der Waals surface area contributed by atoms with E-state index in [2.05, 4.69) is 186 Å². The fourth-order valence-electron chi connectivity index (χ4n) is 9.02. The van der Waals surface area contributed by atoms with Crippen molar-refractivity contribution in [2.75, 3.05) is 9.80 Å². The van der Waals surface area contributed by atoms with Gasteiger partial charge in [0.15, 0.2) is 0 Å². The van der Waals surface area contributed by atoms with Gasteiger partial charge in [0.25, 0.3) is 0 Å². The van der Waals surface area contributed by atoms with Crippen molar-refractivity contribution in [1.82, 2.24) is 0 Å². The van der Waals surface area contributed by atoms with Gasteiger partial charge in [0.2, 0.25) is 0 Å². The minimum atomic E-state index is 0.171. The van der Waals surface area contributed by atoms with Crippen LogP contribution in [-0.4, -0.2) is 12.1 Å². The summed E-state index contributed by atoms with van der Waals surface area (Å²) in [6.07, 6.45) is 20.1. The first-order valence-electron chi connectivity index (χ1n) is 17.3. The summed E-state index contributed by atoms with van der Waals surface area (Å²) in [5, 5.41) is 0. The summed E-state index contributed by atoms with van der Waals surface area (Å²) >= 11 is 0. The van der Waals surface area contributed by atoms with Crippen molar-refractivity contribution in [2.24, 2.45) is 5.92 Å². The molecule has 0 saturated heterocycles. The summed E-state index contributed by atoms with van der Waals surface area (Å²) in [4.78, 5) is 5.32. The first kappa shape index (κ1) is 27.5. The summed E-state index contributed by atoms with van der Waals surface area (Å²) in [5.41, 5.74) is 14.8. The number of para-hydroxylation sites is 2. The molecule has 230 valence electrons. The van der Waals surface area contributed by atoms with Crippen molar-refractivity contribution in [1.29, 1.82) is 0 Å². The normalized spacial score (nSPS) is 24.3. The Balaban J connectivity index is 1.22. The highest BCUT2D eigenvalue weighted by Gasteiger charge is 2.49. The van der Waals surface area contributed by atoms with Gasteiger partial charge in [0.1, 0.15) is 0 Å². The number of fused-ring (bicyclic) bond motifs is 9. The Labute approximate surface area is 283 Å². The zero-order valence-corrected chi connectivity index (χ0v) is 26.7. The molecule has 5 aromatic rings. The van der Waals surface area contributed by atoms with Crippen LogP contribution in [0.5, 0.6) is 0 Å². The molecular weight excluding hydrogens is 581 g/mol. The van der Waals surface area contributed by atoms with Crippen molar-refractivity contribution in [3.8, 4) is 0 Å². The van der Waals surface area contributed by atoms with E-state index in [-0.39, 0.29) is 23.9 Å². The molecule has 48 heavy (non-hydrogen) atoms. The number of hydrogen-bond acceptors (Lipinski definition) is 2. The standard InChI is InChI=1S/C46H36N2/c1-5-15-31(16-6-1)33-25-26-37-39-27-28-40-44-38-24-14-13-23-36(38)41(32-17-7-2-8-18-32)30-43(44)48(35-21-11-4-12-22-35)46(40)45(39)47(42(37)29-33)34-19-9-3-10-20-34/h1-17,19-30,32,37,42-44H,18H2. The third-order valence-corrected chi connectivity index (χ3v) is 11.0. The van der Waals surface area contributed by atoms with Gasteiger partial charge >= 0.3 is 0 Å². The van der Waals surface area contributed by atoms with Crippen molar-refractivity contribution in [3.05, 3.63) is 204 Å². The van der Waals surface area contributed by atoms with E-state index in [0.717, 1.165) is 6.42 Å². The maximum absolute atomic E-state index is 2.68. The van der Waals surface area contributed by atoms with Gasteiger partial charge in [-0.2, -0.15) is 0 Å². The van der Waals surface area contributed by atoms with Crippen LogP contribution in [0.2, 0.25) is 0 Å². The summed E-state index contributed by atoms with van der Waals surface area (Å²) in [7, 11) is 0. The summed E-state index contributed by atoms with van der Waals surface area (Å²) in [6, 6.07) is 47.4. The van der Waals surface area contributed by atoms with Crippen LogP contribution >= 0.6 is 0 Å². The van der Waals surface area contributed by atoms with Gasteiger partial charge in [-0.1, -0.05) is 152 Å². The number of nitrogens with zero attached hydrogens (tertiary/aromatic N) is 2. The van der Waals surface area contributed by atoms with Crippen molar-refractivity contribution >= 4 is 33.9 Å². The fraction of sp³-hybridized carbons (Fsp3) is 0.130. The lowest BCUT2D eigenvalue weighted by atomic mass is 9.73. The third kappa shape index (κ3) is 4.12. The highest BCUT2D eigenvalue weighted by Crippen LogP contribution is 2.62. The second-order valence-corrected chi connectivity index (χ2v) is 13.5. The first-order chi connectivity index (χ1) is 23.8. The lowest BCUT2D eigenvalue weighted by molar-refractivity contribution is 0.704. The monoisotopic (exact) mass is 616 g/mol. The number of benzene rings is 5. The molecule has 5 atom stereocenters. The Bertz CT molecular complexity index is 2190. The van der Waals surface area contributed by atoms with E-state index < -0.39 is 0 Å². The van der Waals surface area contributed by atoms with E-state index in [9.17, 15) is 0 Å². The summed E-state index contributed by atoms with van der Waals surface area (Å²) < 4.78 is 0. The molecule has 0 aromatic heterocycles. The van der Waals surface area contributed by atoms with E-state index >= 15 is 0 Å². The van der Waals surface area contributed by atoms with Crippen LogP contribution in [0, 0.1) is 5.92 Å². The number of hydrogen-bond donors (Lipinski definition) is 0. The molecule has 2 heteroatoms. The second kappa shape index (κ2) is 11.0. The zero-order chi connectivity index (χ0) is 31.6. The Morgan fingerprint density at radius 1 is 0.521 bits per heavy atom. The number of anilines is 4. The summed E-state index contributed by atoms with van der Waals surface area (Å²) in [6.45, 7) is 0. The van der Waals surface area contributed by atoms with E-state index in [1.165, 1.54) is 61.7 Å². The maximum atomic E-state index is 2.68. The Morgan fingerprint density at radius 3 is 1.90 bits per heavy atom. The molecule has 5 unspecified atom stereocenters. The second-order valence-electron chi connectivity index (χ2n) is 13.5. The van der Waals surface area contributed by atoms with Gasteiger partial charge in [0, 0.05) is 29.1 Å². The zero-order valence-electron chi connectivity index (χ0n) is 26.7. The van der Waals surface area contributed by atoms with Crippen molar-refractivity contribution in [2.45, 2.75) is 30.3 Å². The van der Waals surface area contributed by atoms with Crippen molar-refractivity contribution < 1.29 is 0 Å². The van der Waals surface area contributed by atoms with Gasteiger partial charge in [0.05, 0.1) is 23.5 Å². The van der Waals surface area contributed by atoms with Crippen LogP contribution in [0.4, 0.5) is 22.7 Å². The van der Waals surface area contributed by atoms with Gasteiger partial charge in [-0.15, -0.1) is 0 Å². The van der Waals surface area contributed by atoms with E-state index in [0.29, 0.717) is 5.92 Å². The topological polar surface area (TPSA) is 6.48 Å². The molecule has 0 saturated carbocycles. The molecule has 0 fully saturated rings. The molecule has 10 rings (SSSR count). The van der Waals surface area contributed by atoms with Crippen LogP contribution in [0.3, 0.4) is 0 Å². The molecule has 0 radical (unpaired) electrons. The Kier molecular flexibility index (Phi) is 6.30. The van der Waals surface area contributed by atoms with Gasteiger partial charge in [-0.3, -0.25) is 0 Å². The Morgan fingerprint density at radius 2 is 1.17 bits per heavy atom. The molecule has 0 bridgehead atoms. The van der Waals surface area contributed by atoms with Gasteiger partial charge in [-0.25, -0.2) is 0 Å². The smallest absolute Gasteiger partial charge is 0.0701 e. The SMILES string of the molecule is C1=CCC(C2=CC3C(c4ccccc42)c2ccc4c(c2N3c2ccccc2)N(c2ccccc2)C2C=C(c3ccccc3)C=CC42)C=C1. The first-order valence-corrected chi connectivity index (χ1v) is 17.3. The van der Waals surface area contributed by atoms with E-state index in [1.54, 1.807) is 0 Å². The molecule has 2 heterocycles. The minimum Gasteiger partial charge on any atom is -0.332 e. The third-order valence-electron chi connectivity index (χ3n) is 11.0. The number of rotatable bonds is 4. The molecule has 5 aliphatic rings. The van der Waals surface area contributed by atoms with Crippen LogP contribution < -0.4 is 9.80 Å². The fourth-order valence-corrected chi connectivity index (χ4v) is 9.02. The Hall–Kier alpha value is -5.60. The predicted molar refractivity (Wildman–Crippen MR) is 200 cm³/mol. The van der Waals surface area contributed by atoms with Crippen LogP contribution in [-0.2, 0) is 0 Å². The highest BCUT2D eigenvalue weighted by atomic mass is 15.3. The lowest BCUT2D eigenvalue weighted by Crippen LogP contribution is -2.33. The molecule has 5 aromatic carbocycles. The molecule has 3 aliphatic carbocycles. The number of allylic oxidation sites excluding steroid dienone is 7. The average molecular weight is 617 g/mol. The van der Waals surface area contributed by atoms with Crippen LogP contribution in [0.15, 0.2) is 176 Å². The van der Waals surface area contributed by atoms with Crippen LogP contribution in [0.1, 0.15) is 46.1 Å². The minimum absolute atomic E-state index is 0.171. The lowest BCUT2D eigenvalue weighted by Gasteiger charge is -2.36. The van der Waals surface area contributed by atoms with Gasteiger partial charge in [-0.05, 0) is 69.6 Å². The highest BCUT2D eigenvalue weighted by molar-refractivity contribution is 5.96. The van der Waals surface area contributed by atoms with E-state index in [4.69, 9.17) is 0 Å². The average Bonchev–Trinajstić information content (AvgIpc) is 3.68. The van der Waals surface area contributed by atoms with Gasteiger partial charge < -0.3 is 9.80 Å². The van der Waals surface area contributed by atoms with Crippen molar-refractivity contribution in [3.63, 3.8) is 0 Å². The van der Waals surface area contributed by atoms with Crippen LogP contribution in [0.25, 0.3) is 11.1 Å². The largest absolute Gasteiger partial charge is 0.332 e. The molecular formula is C46H36N2. The quantitative estimate of drug-likeness (QED) is 0.198. The maximum Gasteiger partial charge on any atom is 0.0701 e. The molecule has 0 amide bonds. The molecule has 2 aliphatic heterocycles. The van der Waals surface area contributed by atoms with E-state index in [1.807, 2.05) is 0 Å².